The summed E-state index contributed by atoms with van der Waals surface area (Å²) in [5.41, 5.74) is 9.74. The standard InChI is InChI=1S/C30H32N6O3.C2HF3O2/c1-38-22-13-14-26(27(17-22)39-2)36-28(15-12-20-8-4-3-5-9-20)34-35-30(36)25(33-29(37)18-31)16-21-19-32-24-11-7-6-10-23(21)24;3-2(4,5)1(6)7/h3-11,13-14,17,19,25,32H,12,15-16,18,31H2,1-2H3,(H,33,37);(H,6,7)/t25-;/m1./s1. The number of fused-ring (bicyclic) bond motifs is 1. The fraction of sp³-hybridized carbons (Fsp3) is 0.250. The number of aromatic amines is 1. The van der Waals surface area contributed by atoms with Crippen molar-refractivity contribution in [1.29, 1.82) is 0 Å². The van der Waals surface area contributed by atoms with Crippen molar-refractivity contribution in [3.63, 3.8) is 0 Å². The molecular formula is C32H33F3N6O5. The summed E-state index contributed by atoms with van der Waals surface area (Å²) in [6.07, 6.45) is -1.21. The van der Waals surface area contributed by atoms with Gasteiger partial charge in [-0.1, -0.05) is 48.5 Å². The number of H-pyrrole nitrogens is 1. The van der Waals surface area contributed by atoms with Gasteiger partial charge in [-0.05, 0) is 35.7 Å². The number of aromatic nitrogens is 4. The highest BCUT2D eigenvalue weighted by atomic mass is 19.4. The van der Waals surface area contributed by atoms with Gasteiger partial charge in [0, 0.05) is 36.0 Å². The van der Waals surface area contributed by atoms with E-state index in [0.29, 0.717) is 30.2 Å². The number of rotatable bonds is 11. The van der Waals surface area contributed by atoms with Gasteiger partial charge in [-0.25, -0.2) is 4.79 Å². The van der Waals surface area contributed by atoms with Crippen LogP contribution in [-0.4, -0.2) is 63.7 Å². The topological polar surface area (TPSA) is 157 Å². The van der Waals surface area contributed by atoms with Gasteiger partial charge < -0.3 is 30.6 Å². The maximum atomic E-state index is 12.6. The SMILES string of the molecule is COc1ccc(-n2c(CCc3ccccc3)nnc2[C@@H](Cc2c[nH]c3ccccc23)NC(=O)CN)c(OC)c1.O=C(O)C(F)(F)F. The number of hydrogen-bond donors (Lipinski definition) is 4. The fourth-order valence-corrected chi connectivity index (χ4v) is 4.83. The molecule has 5 N–H and O–H groups in total. The lowest BCUT2D eigenvalue weighted by molar-refractivity contribution is -0.192. The van der Waals surface area contributed by atoms with E-state index in [-0.39, 0.29) is 12.5 Å². The minimum Gasteiger partial charge on any atom is -0.497 e. The lowest BCUT2D eigenvalue weighted by atomic mass is 10.0. The molecule has 0 aliphatic carbocycles. The van der Waals surface area contributed by atoms with Gasteiger partial charge in [-0.2, -0.15) is 13.2 Å². The van der Waals surface area contributed by atoms with Gasteiger partial charge in [-0.3, -0.25) is 9.36 Å². The van der Waals surface area contributed by atoms with Crippen molar-refractivity contribution in [3.05, 3.63) is 102 Å². The molecule has 0 aliphatic rings. The number of para-hydroxylation sites is 1. The Morgan fingerprint density at radius 1 is 1.00 bits per heavy atom. The number of amides is 1. The Balaban J connectivity index is 0.000000617. The van der Waals surface area contributed by atoms with E-state index in [0.717, 1.165) is 34.4 Å². The van der Waals surface area contributed by atoms with E-state index in [4.69, 9.17) is 25.1 Å². The second kappa shape index (κ2) is 15.1. The molecule has 0 bridgehead atoms. The average Bonchev–Trinajstić information content (AvgIpc) is 3.67. The third-order valence-electron chi connectivity index (χ3n) is 7.04. The van der Waals surface area contributed by atoms with E-state index in [1.54, 1.807) is 14.2 Å². The number of aryl methyl sites for hydroxylation is 2. The quantitative estimate of drug-likeness (QED) is 0.164. The summed E-state index contributed by atoms with van der Waals surface area (Å²) in [6, 6.07) is 23.4. The number of ether oxygens (including phenoxy) is 2. The first-order valence-corrected chi connectivity index (χ1v) is 14.1. The van der Waals surface area contributed by atoms with Gasteiger partial charge in [0.15, 0.2) is 5.82 Å². The van der Waals surface area contributed by atoms with Crippen LogP contribution in [0.15, 0.2) is 79.0 Å². The molecule has 0 saturated carbocycles. The van der Waals surface area contributed by atoms with Gasteiger partial charge in [0.05, 0.1) is 32.5 Å². The third kappa shape index (κ3) is 8.21. The van der Waals surface area contributed by atoms with Crippen LogP contribution in [0.1, 0.15) is 28.8 Å². The molecule has 0 aliphatic heterocycles. The number of nitrogens with two attached hydrogens (primary N) is 1. The van der Waals surface area contributed by atoms with Crippen molar-refractivity contribution in [1.82, 2.24) is 25.1 Å². The number of methoxy groups -OCH3 is 2. The number of carboxylic acid groups (broad SMARTS) is 1. The van der Waals surface area contributed by atoms with Crippen molar-refractivity contribution in [2.75, 3.05) is 20.8 Å². The molecule has 242 valence electrons. The molecule has 0 radical (unpaired) electrons. The Bertz CT molecular complexity index is 1770. The number of nitrogens with zero attached hydrogens (tertiary/aromatic N) is 3. The molecule has 3 aromatic carbocycles. The molecular weight excluding hydrogens is 605 g/mol. The Hall–Kier alpha value is -5.37. The van der Waals surface area contributed by atoms with Crippen molar-refractivity contribution >= 4 is 22.8 Å². The van der Waals surface area contributed by atoms with Crippen molar-refractivity contribution in [2.24, 2.45) is 5.73 Å². The predicted octanol–water partition coefficient (Wildman–Crippen LogP) is 4.54. The first-order valence-electron chi connectivity index (χ1n) is 14.1. The molecule has 2 heterocycles. The number of benzene rings is 3. The van der Waals surface area contributed by atoms with Crippen LogP contribution in [0.2, 0.25) is 0 Å². The number of halogens is 3. The second-order valence-corrected chi connectivity index (χ2v) is 10.0. The van der Waals surface area contributed by atoms with Crippen LogP contribution in [0.5, 0.6) is 11.5 Å². The highest BCUT2D eigenvalue weighted by Crippen LogP contribution is 2.32. The predicted molar refractivity (Wildman–Crippen MR) is 164 cm³/mol. The summed E-state index contributed by atoms with van der Waals surface area (Å²) in [6.45, 7) is -0.134. The minimum atomic E-state index is -5.08. The van der Waals surface area contributed by atoms with Gasteiger partial charge >= 0.3 is 12.1 Å². The summed E-state index contributed by atoms with van der Waals surface area (Å²) in [5, 5.41) is 20.5. The Morgan fingerprint density at radius 2 is 1.70 bits per heavy atom. The normalized spacial score (nSPS) is 11.8. The van der Waals surface area contributed by atoms with Gasteiger partial charge in [0.1, 0.15) is 17.3 Å². The Labute approximate surface area is 262 Å². The largest absolute Gasteiger partial charge is 0.497 e. The molecule has 0 saturated heterocycles. The zero-order valence-electron chi connectivity index (χ0n) is 25.0. The molecule has 0 fully saturated rings. The number of carboxylic acids is 1. The zero-order chi connectivity index (χ0) is 33.3. The Kier molecular flexibility index (Phi) is 11.0. The van der Waals surface area contributed by atoms with Crippen LogP contribution in [0.3, 0.4) is 0 Å². The molecule has 5 aromatic rings. The third-order valence-corrected chi connectivity index (χ3v) is 7.04. The molecule has 5 rings (SSSR count). The molecule has 11 nitrogen and oxygen atoms in total. The maximum absolute atomic E-state index is 12.6. The summed E-state index contributed by atoms with van der Waals surface area (Å²) in [7, 11) is 3.23. The number of carbonyl (C=O) groups is 2. The second-order valence-electron chi connectivity index (χ2n) is 10.0. The van der Waals surface area contributed by atoms with Crippen LogP contribution in [0, 0.1) is 0 Å². The first kappa shape index (κ1) is 33.5. The summed E-state index contributed by atoms with van der Waals surface area (Å²) < 4.78 is 44.9. The lowest BCUT2D eigenvalue weighted by Crippen LogP contribution is -2.36. The molecule has 0 unspecified atom stereocenters. The first-order chi connectivity index (χ1) is 22.0. The highest BCUT2D eigenvalue weighted by molar-refractivity contribution is 5.83. The summed E-state index contributed by atoms with van der Waals surface area (Å²) in [4.78, 5) is 24.8. The van der Waals surface area contributed by atoms with E-state index < -0.39 is 18.2 Å². The molecule has 0 spiro atoms. The smallest absolute Gasteiger partial charge is 0.490 e. The van der Waals surface area contributed by atoms with E-state index in [9.17, 15) is 18.0 Å². The summed E-state index contributed by atoms with van der Waals surface area (Å²) in [5.74, 6) is -0.415. The Morgan fingerprint density at radius 3 is 2.35 bits per heavy atom. The molecule has 2 aromatic heterocycles. The zero-order valence-corrected chi connectivity index (χ0v) is 25.0. The summed E-state index contributed by atoms with van der Waals surface area (Å²) >= 11 is 0. The van der Waals surface area contributed by atoms with Crippen LogP contribution in [0.4, 0.5) is 13.2 Å². The van der Waals surface area contributed by atoms with Crippen molar-refractivity contribution in [3.8, 4) is 17.2 Å². The number of aliphatic carboxylic acids is 1. The van der Waals surface area contributed by atoms with Crippen LogP contribution in [-0.2, 0) is 28.9 Å². The molecule has 1 amide bonds. The van der Waals surface area contributed by atoms with Crippen molar-refractivity contribution in [2.45, 2.75) is 31.5 Å². The average molecular weight is 639 g/mol. The number of nitrogens with one attached hydrogen (secondary N) is 2. The fourth-order valence-electron chi connectivity index (χ4n) is 4.83. The number of hydrogen-bond acceptors (Lipinski definition) is 7. The van der Waals surface area contributed by atoms with Gasteiger partial charge in [0.2, 0.25) is 5.91 Å². The molecule has 46 heavy (non-hydrogen) atoms. The minimum absolute atomic E-state index is 0.134. The monoisotopic (exact) mass is 638 g/mol. The van der Waals surface area contributed by atoms with Gasteiger partial charge in [0.25, 0.3) is 0 Å². The van der Waals surface area contributed by atoms with E-state index in [1.807, 2.05) is 65.4 Å². The van der Waals surface area contributed by atoms with Crippen LogP contribution in [0.25, 0.3) is 16.6 Å². The molecule has 1 atom stereocenters. The van der Waals surface area contributed by atoms with Crippen molar-refractivity contribution < 1.29 is 37.3 Å². The highest BCUT2D eigenvalue weighted by Gasteiger charge is 2.38. The van der Waals surface area contributed by atoms with Gasteiger partial charge in [-0.15, -0.1) is 10.2 Å². The van der Waals surface area contributed by atoms with E-state index in [2.05, 4.69) is 38.7 Å². The number of alkyl halides is 3. The van der Waals surface area contributed by atoms with E-state index >= 15 is 0 Å². The molecule has 14 heteroatoms. The van der Waals surface area contributed by atoms with Crippen LogP contribution < -0.4 is 20.5 Å². The van der Waals surface area contributed by atoms with Crippen LogP contribution >= 0.6 is 0 Å². The lowest BCUT2D eigenvalue weighted by Gasteiger charge is -2.21. The number of carbonyl (C=O) groups excluding carboxylic acids is 1. The maximum Gasteiger partial charge on any atom is 0.490 e. The van der Waals surface area contributed by atoms with E-state index in [1.165, 1.54) is 5.56 Å².